The summed E-state index contributed by atoms with van der Waals surface area (Å²) in [5, 5.41) is 2.77. The molecule has 2 atom stereocenters. The predicted molar refractivity (Wildman–Crippen MR) is 107 cm³/mol. The summed E-state index contributed by atoms with van der Waals surface area (Å²) in [6.45, 7) is 0. The van der Waals surface area contributed by atoms with Gasteiger partial charge in [-0.3, -0.25) is 4.79 Å². The number of rotatable bonds is 7. The van der Waals surface area contributed by atoms with Crippen molar-refractivity contribution in [2.75, 3.05) is 7.11 Å². The molecule has 1 aliphatic carbocycles. The number of nitrogens with one attached hydrogen (secondary N) is 1. The number of carbonyl (C=O) groups is 2. The van der Waals surface area contributed by atoms with E-state index in [4.69, 9.17) is 9.47 Å². The van der Waals surface area contributed by atoms with Crippen LogP contribution in [0.15, 0.2) is 66.7 Å². The molecule has 28 heavy (non-hydrogen) atoms. The van der Waals surface area contributed by atoms with Crippen LogP contribution in [-0.4, -0.2) is 31.1 Å². The first-order valence-corrected chi connectivity index (χ1v) is 9.51. The van der Waals surface area contributed by atoms with Gasteiger partial charge >= 0.3 is 5.97 Å². The molecule has 1 N–H and O–H groups in total. The number of methoxy groups -OCH3 is 1. The van der Waals surface area contributed by atoms with Gasteiger partial charge in [-0.1, -0.05) is 36.4 Å². The Morgan fingerprint density at radius 2 is 1.86 bits per heavy atom. The van der Waals surface area contributed by atoms with Crippen LogP contribution in [0, 0.1) is 0 Å². The lowest BCUT2D eigenvalue weighted by Crippen LogP contribution is -2.43. The second-order valence-corrected chi connectivity index (χ2v) is 6.78. The number of allylic oxidation sites excluding steroid dienone is 1. The molecule has 0 fully saturated rings. The standard InChI is InChI=1S/C23H25NO4/c1-27-23(26)21(16-17-8-4-2-5-9-17)24-22(25)18-12-14-20(15-13-18)28-19-10-6-3-7-11-19/h2,4-6,8-10,12-15,19,21H,3,7,11,16H2,1H3,(H,24,25)/t19?,21-/m0/s1. The third kappa shape index (κ3) is 5.46. The van der Waals surface area contributed by atoms with E-state index in [1.54, 1.807) is 24.3 Å². The molecule has 1 unspecified atom stereocenters. The summed E-state index contributed by atoms with van der Waals surface area (Å²) in [7, 11) is 1.32. The van der Waals surface area contributed by atoms with Crippen LogP contribution in [0.2, 0.25) is 0 Å². The largest absolute Gasteiger partial charge is 0.486 e. The third-order valence-corrected chi connectivity index (χ3v) is 4.69. The van der Waals surface area contributed by atoms with Crippen LogP contribution in [0.3, 0.4) is 0 Å². The molecule has 5 heteroatoms. The zero-order valence-corrected chi connectivity index (χ0v) is 16.0. The van der Waals surface area contributed by atoms with Crippen molar-refractivity contribution in [2.24, 2.45) is 0 Å². The van der Waals surface area contributed by atoms with Gasteiger partial charge < -0.3 is 14.8 Å². The first-order chi connectivity index (χ1) is 13.7. The van der Waals surface area contributed by atoms with E-state index in [2.05, 4.69) is 17.5 Å². The first kappa shape index (κ1) is 19.7. The Balaban J connectivity index is 1.63. The maximum absolute atomic E-state index is 12.6. The van der Waals surface area contributed by atoms with Gasteiger partial charge in [0.25, 0.3) is 5.91 Å². The van der Waals surface area contributed by atoms with Crippen LogP contribution in [-0.2, 0) is 16.0 Å². The van der Waals surface area contributed by atoms with E-state index in [1.807, 2.05) is 30.3 Å². The molecule has 1 amide bonds. The maximum Gasteiger partial charge on any atom is 0.328 e. The summed E-state index contributed by atoms with van der Waals surface area (Å²) in [5.41, 5.74) is 1.41. The summed E-state index contributed by atoms with van der Waals surface area (Å²) < 4.78 is 10.8. The molecule has 0 spiro atoms. The molecular formula is C23H25NO4. The highest BCUT2D eigenvalue weighted by Crippen LogP contribution is 2.19. The fourth-order valence-corrected chi connectivity index (χ4v) is 3.17. The molecule has 2 aromatic rings. The van der Waals surface area contributed by atoms with Crippen LogP contribution in [0.5, 0.6) is 5.75 Å². The van der Waals surface area contributed by atoms with Gasteiger partial charge in [0.2, 0.25) is 0 Å². The zero-order chi connectivity index (χ0) is 19.8. The lowest BCUT2D eigenvalue weighted by atomic mass is 10.0. The second-order valence-electron chi connectivity index (χ2n) is 6.78. The Labute approximate surface area is 165 Å². The highest BCUT2D eigenvalue weighted by molar-refractivity contribution is 5.96. The topological polar surface area (TPSA) is 64.6 Å². The highest BCUT2D eigenvalue weighted by Gasteiger charge is 2.22. The van der Waals surface area contributed by atoms with Gasteiger partial charge in [-0.25, -0.2) is 4.79 Å². The van der Waals surface area contributed by atoms with Gasteiger partial charge in [-0.05, 0) is 55.2 Å². The highest BCUT2D eigenvalue weighted by atomic mass is 16.5. The van der Waals surface area contributed by atoms with E-state index in [-0.39, 0.29) is 12.0 Å². The molecule has 0 radical (unpaired) electrons. The Hall–Kier alpha value is -3.08. The minimum Gasteiger partial charge on any atom is -0.486 e. The molecule has 0 bridgehead atoms. The normalized spacial score (nSPS) is 16.8. The van der Waals surface area contributed by atoms with Crippen molar-refractivity contribution < 1.29 is 19.1 Å². The summed E-state index contributed by atoms with van der Waals surface area (Å²) in [6.07, 6.45) is 7.89. The molecule has 0 aromatic heterocycles. The number of ether oxygens (including phenoxy) is 2. The molecular weight excluding hydrogens is 354 g/mol. The Kier molecular flexibility index (Phi) is 6.84. The van der Waals surface area contributed by atoms with Crippen molar-refractivity contribution in [3.8, 4) is 5.75 Å². The van der Waals surface area contributed by atoms with Crippen LogP contribution >= 0.6 is 0 Å². The van der Waals surface area contributed by atoms with Gasteiger partial charge in [0.15, 0.2) is 0 Å². The summed E-state index contributed by atoms with van der Waals surface area (Å²) in [4.78, 5) is 24.7. The number of hydrogen-bond acceptors (Lipinski definition) is 4. The fraction of sp³-hybridized carbons (Fsp3) is 0.304. The molecule has 0 saturated heterocycles. The van der Waals surface area contributed by atoms with E-state index in [0.717, 1.165) is 30.6 Å². The molecule has 0 saturated carbocycles. The summed E-state index contributed by atoms with van der Waals surface area (Å²) in [5.74, 6) is -0.0708. The van der Waals surface area contributed by atoms with Crippen LogP contribution in [0.1, 0.15) is 35.2 Å². The molecule has 3 rings (SSSR count). The minimum atomic E-state index is -0.747. The number of esters is 1. The number of benzene rings is 2. The molecule has 5 nitrogen and oxygen atoms in total. The van der Waals surface area contributed by atoms with E-state index in [1.165, 1.54) is 7.11 Å². The van der Waals surface area contributed by atoms with Crippen LogP contribution in [0.4, 0.5) is 0 Å². The second kappa shape index (κ2) is 9.74. The monoisotopic (exact) mass is 379 g/mol. The quantitative estimate of drug-likeness (QED) is 0.589. The summed E-state index contributed by atoms with van der Waals surface area (Å²) in [6, 6.07) is 15.7. The molecule has 0 heterocycles. The average Bonchev–Trinajstić information content (AvgIpc) is 2.74. The van der Waals surface area contributed by atoms with Crippen molar-refractivity contribution in [1.82, 2.24) is 5.32 Å². The van der Waals surface area contributed by atoms with Gasteiger partial charge in [0.05, 0.1) is 7.11 Å². The number of carbonyl (C=O) groups excluding carboxylic acids is 2. The Bertz CT molecular complexity index is 814. The van der Waals surface area contributed by atoms with E-state index in [9.17, 15) is 9.59 Å². The lowest BCUT2D eigenvalue weighted by Gasteiger charge is -2.19. The van der Waals surface area contributed by atoms with E-state index < -0.39 is 12.0 Å². The lowest BCUT2D eigenvalue weighted by molar-refractivity contribution is -0.142. The van der Waals surface area contributed by atoms with Gasteiger partial charge in [0, 0.05) is 12.0 Å². The van der Waals surface area contributed by atoms with Gasteiger partial charge in [-0.2, -0.15) is 0 Å². The molecule has 0 aliphatic heterocycles. The SMILES string of the molecule is COC(=O)[C@H](Cc1ccccc1)NC(=O)c1ccc(OC2C=CCCC2)cc1. The molecule has 1 aliphatic rings. The average molecular weight is 379 g/mol. The number of hydrogen-bond donors (Lipinski definition) is 1. The van der Waals surface area contributed by atoms with Crippen molar-refractivity contribution in [2.45, 2.75) is 37.8 Å². The predicted octanol–water partition coefficient (Wildman–Crippen LogP) is 3.69. The zero-order valence-electron chi connectivity index (χ0n) is 16.0. The molecule has 146 valence electrons. The maximum atomic E-state index is 12.6. The Morgan fingerprint density at radius 1 is 1.11 bits per heavy atom. The van der Waals surface area contributed by atoms with Crippen LogP contribution in [0.25, 0.3) is 0 Å². The molecule has 2 aromatic carbocycles. The summed E-state index contributed by atoms with van der Waals surface area (Å²) >= 11 is 0. The van der Waals surface area contributed by atoms with Crippen molar-refractivity contribution in [3.05, 3.63) is 77.9 Å². The Morgan fingerprint density at radius 3 is 2.50 bits per heavy atom. The van der Waals surface area contributed by atoms with Gasteiger partial charge in [0.1, 0.15) is 17.9 Å². The minimum absolute atomic E-state index is 0.0861. The smallest absolute Gasteiger partial charge is 0.328 e. The third-order valence-electron chi connectivity index (χ3n) is 4.69. The number of amides is 1. The van der Waals surface area contributed by atoms with E-state index in [0.29, 0.717) is 12.0 Å². The van der Waals surface area contributed by atoms with Crippen molar-refractivity contribution in [1.29, 1.82) is 0 Å². The van der Waals surface area contributed by atoms with Crippen molar-refractivity contribution >= 4 is 11.9 Å². The van der Waals surface area contributed by atoms with Crippen molar-refractivity contribution in [3.63, 3.8) is 0 Å². The van der Waals surface area contributed by atoms with Gasteiger partial charge in [-0.15, -0.1) is 0 Å². The van der Waals surface area contributed by atoms with Crippen LogP contribution < -0.4 is 10.1 Å². The fourth-order valence-electron chi connectivity index (χ4n) is 3.17. The first-order valence-electron chi connectivity index (χ1n) is 9.51. The van der Waals surface area contributed by atoms with E-state index >= 15 is 0 Å².